The number of likely N-dealkylation sites (N-methyl/N-ethyl adjacent to an activating group) is 1. The summed E-state index contributed by atoms with van der Waals surface area (Å²) in [6, 6.07) is 14.1. The summed E-state index contributed by atoms with van der Waals surface area (Å²) in [5.41, 5.74) is 3.58. The summed E-state index contributed by atoms with van der Waals surface area (Å²) in [5.74, 6) is 0. The van der Waals surface area contributed by atoms with Gasteiger partial charge >= 0.3 is 6.03 Å². The third kappa shape index (κ3) is 4.11. The minimum Gasteiger partial charge on any atom is -0.336 e. The molecule has 0 spiro atoms. The number of rotatable bonds is 4. The number of benzene rings is 1. The molecule has 0 saturated carbocycles. The van der Waals surface area contributed by atoms with Gasteiger partial charge in [0.05, 0.1) is 11.4 Å². The number of hydrogen-bond acceptors (Lipinski definition) is 3. The number of carbonyl (C=O) groups is 1. The number of likely N-dealkylation sites (tertiary alicyclic amines) is 1. The van der Waals surface area contributed by atoms with Gasteiger partial charge in [-0.15, -0.1) is 0 Å². The second-order valence-electron chi connectivity index (χ2n) is 7.14. The zero-order chi connectivity index (χ0) is 18.6. The Labute approximate surface area is 159 Å². The number of nitrogens with zero attached hydrogens (tertiary/aromatic N) is 3. The van der Waals surface area contributed by atoms with Gasteiger partial charge in [-0.05, 0) is 38.6 Å². The first-order valence-corrected chi connectivity index (χ1v) is 9.48. The van der Waals surface area contributed by atoms with Crippen LogP contribution >= 0.6 is 0 Å². The number of urea groups is 1. The van der Waals surface area contributed by atoms with Crippen molar-refractivity contribution >= 4 is 17.4 Å². The SMILES string of the molecule is CN1CCCCC1CNC(=O)Nc1ccc2nc(-c3ccccc3)cn2c1. The predicted octanol–water partition coefficient (Wildman–Crippen LogP) is 3.61. The van der Waals surface area contributed by atoms with Crippen LogP contribution in [-0.4, -0.2) is 46.5 Å². The van der Waals surface area contributed by atoms with Crippen LogP contribution in [0.5, 0.6) is 0 Å². The molecule has 3 heterocycles. The molecular weight excluding hydrogens is 338 g/mol. The highest BCUT2D eigenvalue weighted by molar-refractivity contribution is 5.89. The Hall–Kier alpha value is -2.86. The molecule has 1 fully saturated rings. The molecule has 0 aliphatic carbocycles. The van der Waals surface area contributed by atoms with E-state index in [0.717, 1.165) is 35.6 Å². The fourth-order valence-electron chi connectivity index (χ4n) is 3.60. The number of amides is 2. The lowest BCUT2D eigenvalue weighted by Crippen LogP contribution is -2.45. The summed E-state index contributed by atoms with van der Waals surface area (Å²) in [6.45, 7) is 1.78. The van der Waals surface area contributed by atoms with Crippen LogP contribution in [0.25, 0.3) is 16.9 Å². The Morgan fingerprint density at radius 2 is 2.00 bits per heavy atom. The van der Waals surface area contributed by atoms with Gasteiger partial charge in [-0.2, -0.15) is 0 Å². The van der Waals surface area contributed by atoms with Gasteiger partial charge in [0.2, 0.25) is 0 Å². The van der Waals surface area contributed by atoms with Crippen molar-refractivity contribution in [3.63, 3.8) is 0 Å². The molecule has 2 amide bonds. The highest BCUT2D eigenvalue weighted by Crippen LogP contribution is 2.20. The topological polar surface area (TPSA) is 61.7 Å². The monoisotopic (exact) mass is 363 g/mol. The molecule has 1 aliphatic heterocycles. The van der Waals surface area contributed by atoms with E-state index in [2.05, 4.69) is 27.6 Å². The first-order valence-electron chi connectivity index (χ1n) is 9.48. The quantitative estimate of drug-likeness (QED) is 0.744. The molecule has 6 nitrogen and oxygen atoms in total. The highest BCUT2D eigenvalue weighted by atomic mass is 16.2. The summed E-state index contributed by atoms with van der Waals surface area (Å²) in [6.07, 6.45) is 7.49. The van der Waals surface area contributed by atoms with Gasteiger partial charge in [-0.3, -0.25) is 0 Å². The first-order chi connectivity index (χ1) is 13.2. The summed E-state index contributed by atoms with van der Waals surface area (Å²) in [5, 5.41) is 5.91. The lowest BCUT2D eigenvalue weighted by atomic mass is 10.0. The van der Waals surface area contributed by atoms with Gasteiger partial charge in [0.15, 0.2) is 0 Å². The van der Waals surface area contributed by atoms with Crippen LogP contribution in [0.15, 0.2) is 54.9 Å². The van der Waals surface area contributed by atoms with Gasteiger partial charge in [0.25, 0.3) is 0 Å². The van der Waals surface area contributed by atoms with E-state index in [0.29, 0.717) is 12.6 Å². The summed E-state index contributed by atoms with van der Waals surface area (Å²) >= 11 is 0. The molecule has 1 aromatic carbocycles. The molecule has 1 saturated heterocycles. The average molecular weight is 363 g/mol. The molecule has 0 radical (unpaired) electrons. The van der Waals surface area contributed by atoms with E-state index >= 15 is 0 Å². The van der Waals surface area contributed by atoms with Crippen molar-refractivity contribution in [1.82, 2.24) is 19.6 Å². The fourth-order valence-corrected chi connectivity index (χ4v) is 3.60. The summed E-state index contributed by atoms with van der Waals surface area (Å²) in [7, 11) is 2.13. The molecule has 1 unspecified atom stereocenters. The van der Waals surface area contributed by atoms with E-state index in [-0.39, 0.29) is 6.03 Å². The smallest absolute Gasteiger partial charge is 0.319 e. The van der Waals surface area contributed by atoms with Crippen molar-refractivity contribution in [2.75, 3.05) is 25.5 Å². The van der Waals surface area contributed by atoms with Gasteiger partial charge in [-0.1, -0.05) is 36.8 Å². The number of fused-ring (bicyclic) bond motifs is 1. The van der Waals surface area contributed by atoms with Crippen LogP contribution in [0.4, 0.5) is 10.5 Å². The first kappa shape index (κ1) is 17.5. The minimum atomic E-state index is -0.170. The van der Waals surface area contributed by atoms with E-state index < -0.39 is 0 Å². The number of pyridine rings is 1. The van der Waals surface area contributed by atoms with Crippen molar-refractivity contribution in [2.45, 2.75) is 25.3 Å². The molecule has 3 aromatic rings. The van der Waals surface area contributed by atoms with Crippen LogP contribution < -0.4 is 10.6 Å². The molecule has 2 aromatic heterocycles. The predicted molar refractivity (Wildman–Crippen MR) is 108 cm³/mol. The molecule has 2 N–H and O–H groups in total. The maximum absolute atomic E-state index is 12.3. The van der Waals surface area contributed by atoms with E-state index in [1.807, 2.05) is 59.3 Å². The number of piperidine rings is 1. The Kier molecular flexibility index (Phi) is 5.07. The van der Waals surface area contributed by atoms with Crippen molar-refractivity contribution in [2.24, 2.45) is 0 Å². The van der Waals surface area contributed by atoms with Crippen molar-refractivity contribution in [1.29, 1.82) is 0 Å². The number of aromatic nitrogens is 2. The van der Waals surface area contributed by atoms with Crippen molar-refractivity contribution in [3.8, 4) is 11.3 Å². The van der Waals surface area contributed by atoms with Crippen LogP contribution in [0.3, 0.4) is 0 Å². The maximum atomic E-state index is 12.3. The molecule has 4 rings (SSSR count). The van der Waals surface area contributed by atoms with Crippen molar-refractivity contribution in [3.05, 3.63) is 54.9 Å². The third-order valence-electron chi connectivity index (χ3n) is 5.20. The van der Waals surface area contributed by atoms with Gasteiger partial charge in [0.1, 0.15) is 5.65 Å². The summed E-state index contributed by atoms with van der Waals surface area (Å²) < 4.78 is 1.94. The number of carbonyl (C=O) groups excluding carboxylic acids is 1. The normalized spacial score (nSPS) is 17.7. The zero-order valence-corrected chi connectivity index (χ0v) is 15.6. The molecule has 140 valence electrons. The molecular formula is C21H25N5O. The van der Waals surface area contributed by atoms with Crippen molar-refractivity contribution < 1.29 is 4.79 Å². The highest BCUT2D eigenvalue weighted by Gasteiger charge is 2.19. The Morgan fingerprint density at radius 1 is 1.15 bits per heavy atom. The van der Waals surface area contributed by atoms with Crippen LogP contribution in [0, 0.1) is 0 Å². The number of imidazole rings is 1. The van der Waals surface area contributed by atoms with Gasteiger partial charge < -0.3 is 19.9 Å². The largest absolute Gasteiger partial charge is 0.336 e. The molecule has 27 heavy (non-hydrogen) atoms. The minimum absolute atomic E-state index is 0.170. The Morgan fingerprint density at radius 3 is 2.81 bits per heavy atom. The van der Waals surface area contributed by atoms with Gasteiger partial charge in [-0.25, -0.2) is 9.78 Å². The van der Waals surface area contributed by atoms with E-state index in [1.165, 1.54) is 12.8 Å². The zero-order valence-electron chi connectivity index (χ0n) is 15.6. The van der Waals surface area contributed by atoms with E-state index in [1.54, 1.807) is 0 Å². The fraction of sp³-hybridized carbons (Fsp3) is 0.333. The van der Waals surface area contributed by atoms with Crippen LogP contribution in [0.2, 0.25) is 0 Å². The lowest BCUT2D eigenvalue weighted by Gasteiger charge is -2.32. The number of hydrogen-bond donors (Lipinski definition) is 2. The summed E-state index contributed by atoms with van der Waals surface area (Å²) in [4.78, 5) is 19.2. The second-order valence-corrected chi connectivity index (χ2v) is 7.14. The van der Waals surface area contributed by atoms with E-state index in [9.17, 15) is 4.79 Å². The molecule has 6 heteroatoms. The van der Waals surface area contributed by atoms with Crippen LogP contribution in [-0.2, 0) is 0 Å². The standard InChI is InChI=1S/C21H25N5O/c1-25-12-6-5-9-18(25)13-22-21(27)23-17-10-11-20-24-19(15-26(20)14-17)16-7-3-2-4-8-16/h2-4,7-8,10-11,14-15,18H,5-6,9,12-13H2,1H3,(H2,22,23,27). The number of nitrogens with one attached hydrogen (secondary N) is 2. The third-order valence-corrected chi connectivity index (χ3v) is 5.20. The molecule has 1 aliphatic rings. The Bertz CT molecular complexity index is 921. The van der Waals surface area contributed by atoms with Gasteiger partial charge in [0, 0.05) is 30.5 Å². The average Bonchev–Trinajstić information content (AvgIpc) is 3.11. The Balaban J connectivity index is 1.40. The van der Waals surface area contributed by atoms with E-state index in [4.69, 9.17) is 0 Å². The van der Waals surface area contributed by atoms with Crippen LogP contribution in [0.1, 0.15) is 19.3 Å². The maximum Gasteiger partial charge on any atom is 0.319 e. The second kappa shape index (κ2) is 7.80. The number of anilines is 1. The lowest BCUT2D eigenvalue weighted by molar-refractivity contribution is 0.182. The molecule has 1 atom stereocenters. The molecule has 0 bridgehead atoms.